The SMILES string of the molecule is Cc1nc(CCC(=O)NCCCCN)oc1-c1ccc(Br)cc1.Cl.Cl. The number of hydrogen-bond acceptors (Lipinski definition) is 4. The molecule has 1 aromatic heterocycles. The Morgan fingerprint density at radius 1 is 1.24 bits per heavy atom. The van der Waals surface area contributed by atoms with Crippen molar-refractivity contribution in [2.24, 2.45) is 5.73 Å². The van der Waals surface area contributed by atoms with Crippen molar-refractivity contribution >= 4 is 46.7 Å². The molecule has 8 heteroatoms. The van der Waals surface area contributed by atoms with Crippen LogP contribution in [0.4, 0.5) is 0 Å². The minimum Gasteiger partial charge on any atom is -0.440 e. The summed E-state index contributed by atoms with van der Waals surface area (Å²) in [6, 6.07) is 7.88. The van der Waals surface area contributed by atoms with Crippen LogP contribution in [0.15, 0.2) is 33.2 Å². The number of benzene rings is 1. The number of aromatic nitrogens is 1. The minimum absolute atomic E-state index is 0. The maximum Gasteiger partial charge on any atom is 0.220 e. The van der Waals surface area contributed by atoms with Crippen molar-refractivity contribution in [3.8, 4) is 11.3 Å². The van der Waals surface area contributed by atoms with Crippen LogP contribution in [-0.2, 0) is 11.2 Å². The number of hydrogen-bond donors (Lipinski definition) is 2. The zero-order valence-corrected chi connectivity index (χ0v) is 17.3. The van der Waals surface area contributed by atoms with Crippen molar-refractivity contribution in [1.29, 1.82) is 0 Å². The van der Waals surface area contributed by atoms with Crippen molar-refractivity contribution in [2.75, 3.05) is 13.1 Å². The summed E-state index contributed by atoms with van der Waals surface area (Å²) >= 11 is 3.42. The Balaban J connectivity index is 0.00000288. The Hall–Kier alpha value is -1.08. The number of oxazole rings is 1. The second kappa shape index (κ2) is 12.3. The Kier molecular flexibility index (Phi) is 11.8. The van der Waals surface area contributed by atoms with Crippen molar-refractivity contribution in [3.05, 3.63) is 40.3 Å². The average molecular weight is 453 g/mol. The van der Waals surface area contributed by atoms with Gasteiger partial charge in [0.05, 0.1) is 5.69 Å². The van der Waals surface area contributed by atoms with Crippen molar-refractivity contribution in [1.82, 2.24) is 10.3 Å². The van der Waals surface area contributed by atoms with E-state index in [1.165, 1.54) is 0 Å². The number of nitrogens with two attached hydrogens (primary N) is 1. The summed E-state index contributed by atoms with van der Waals surface area (Å²) in [7, 11) is 0. The van der Waals surface area contributed by atoms with E-state index in [1.807, 2.05) is 31.2 Å². The van der Waals surface area contributed by atoms with Gasteiger partial charge in [-0.05, 0) is 38.4 Å². The Bertz CT molecular complexity index is 648. The molecule has 0 atom stereocenters. The molecule has 0 fully saturated rings. The summed E-state index contributed by atoms with van der Waals surface area (Å²) in [6.45, 7) is 3.24. The van der Waals surface area contributed by atoms with E-state index >= 15 is 0 Å². The van der Waals surface area contributed by atoms with Gasteiger partial charge in [0.15, 0.2) is 11.7 Å². The van der Waals surface area contributed by atoms with Crippen LogP contribution < -0.4 is 11.1 Å². The molecule has 1 amide bonds. The average Bonchev–Trinajstić information content (AvgIpc) is 2.91. The minimum atomic E-state index is 0. The van der Waals surface area contributed by atoms with Gasteiger partial charge >= 0.3 is 0 Å². The predicted molar refractivity (Wildman–Crippen MR) is 108 cm³/mol. The fraction of sp³-hybridized carbons (Fsp3) is 0.412. The number of carbonyl (C=O) groups is 1. The van der Waals surface area contributed by atoms with Crippen LogP contribution in [0.5, 0.6) is 0 Å². The van der Waals surface area contributed by atoms with Crippen LogP contribution in [0.2, 0.25) is 0 Å². The third kappa shape index (κ3) is 7.77. The summed E-state index contributed by atoms with van der Waals surface area (Å²) in [5.74, 6) is 1.37. The molecular formula is C17H24BrCl2N3O2. The Labute approximate surface area is 169 Å². The van der Waals surface area contributed by atoms with E-state index in [-0.39, 0.29) is 30.7 Å². The molecule has 25 heavy (non-hydrogen) atoms. The number of halogens is 3. The fourth-order valence-corrected chi connectivity index (χ4v) is 2.50. The molecule has 1 heterocycles. The first-order valence-corrected chi connectivity index (χ1v) is 8.58. The van der Waals surface area contributed by atoms with Gasteiger partial charge in [-0.1, -0.05) is 28.1 Å². The number of aryl methyl sites for hydroxylation is 2. The van der Waals surface area contributed by atoms with Crippen LogP contribution in [0, 0.1) is 6.92 Å². The lowest BCUT2D eigenvalue weighted by Gasteiger charge is -2.03. The first-order chi connectivity index (χ1) is 11.1. The number of nitrogens with zero attached hydrogens (tertiary/aromatic N) is 1. The second-order valence-corrected chi connectivity index (χ2v) is 6.29. The van der Waals surface area contributed by atoms with Gasteiger partial charge in [0.25, 0.3) is 0 Å². The Morgan fingerprint density at radius 3 is 2.56 bits per heavy atom. The number of amides is 1. The summed E-state index contributed by atoms with van der Waals surface area (Å²) in [4.78, 5) is 16.2. The van der Waals surface area contributed by atoms with Crippen molar-refractivity contribution in [3.63, 3.8) is 0 Å². The van der Waals surface area contributed by atoms with Gasteiger partial charge in [-0.3, -0.25) is 4.79 Å². The number of nitrogens with one attached hydrogen (secondary N) is 1. The standard InChI is InChI=1S/C17H22BrN3O2.2ClH/c1-12-17(13-4-6-14(18)7-5-13)23-16(21-12)9-8-15(22)20-11-3-2-10-19;;/h4-7H,2-3,8-11,19H2,1H3,(H,20,22);2*1H. The maximum absolute atomic E-state index is 11.8. The highest BCUT2D eigenvalue weighted by atomic mass is 79.9. The fourth-order valence-electron chi connectivity index (χ4n) is 2.23. The Morgan fingerprint density at radius 2 is 1.92 bits per heavy atom. The second-order valence-electron chi connectivity index (χ2n) is 5.37. The molecule has 3 N–H and O–H groups in total. The van der Waals surface area contributed by atoms with E-state index in [9.17, 15) is 4.79 Å². The molecule has 140 valence electrons. The van der Waals surface area contributed by atoms with E-state index in [2.05, 4.69) is 26.2 Å². The molecule has 2 rings (SSSR count). The highest BCUT2D eigenvalue weighted by Gasteiger charge is 2.13. The summed E-state index contributed by atoms with van der Waals surface area (Å²) in [5.41, 5.74) is 7.24. The van der Waals surface area contributed by atoms with E-state index in [4.69, 9.17) is 10.2 Å². The number of unbranched alkanes of at least 4 members (excludes halogenated alkanes) is 1. The lowest BCUT2D eigenvalue weighted by Crippen LogP contribution is -2.25. The monoisotopic (exact) mass is 451 g/mol. The number of carbonyl (C=O) groups excluding carboxylic acids is 1. The lowest BCUT2D eigenvalue weighted by atomic mass is 10.1. The van der Waals surface area contributed by atoms with Crippen LogP contribution in [0.1, 0.15) is 30.8 Å². The van der Waals surface area contributed by atoms with Gasteiger partial charge in [0.1, 0.15) is 0 Å². The highest BCUT2D eigenvalue weighted by molar-refractivity contribution is 9.10. The van der Waals surface area contributed by atoms with Gasteiger partial charge in [-0.15, -0.1) is 24.8 Å². The maximum atomic E-state index is 11.8. The van der Waals surface area contributed by atoms with E-state index in [0.29, 0.717) is 31.8 Å². The summed E-state index contributed by atoms with van der Waals surface area (Å²) in [6.07, 6.45) is 2.71. The molecule has 5 nitrogen and oxygen atoms in total. The van der Waals surface area contributed by atoms with E-state index < -0.39 is 0 Å². The predicted octanol–water partition coefficient (Wildman–Crippen LogP) is 4.04. The quantitative estimate of drug-likeness (QED) is 0.592. The molecule has 0 aliphatic rings. The van der Waals surface area contributed by atoms with Gasteiger partial charge < -0.3 is 15.5 Å². The highest BCUT2D eigenvalue weighted by Crippen LogP contribution is 2.26. The molecule has 2 aromatic rings. The topological polar surface area (TPSA) is 81.2 Å². The van der Waals surface area contributed by atoms with Crippen LogP contribution in [0.25, 0.3) is 11.3 Å². The van der Waals surface area contributed by atoms with Gasteiger partial charge in [-0.25, -0.2) is 4.98 Å². The van der Waals surface area contributed by atoms with Crippen molar-refractivity contribution < 1.29 is 9.21 Å². The molecule has 0 saturated heterocycles. The van der Waals surface area contributed by atoms with Gasteiger partial charge in [-0.2, -0.15) is 0 Å². The van der Waals surface area contributed by atoms with Gasteiger partial charge in [0, 0.05) is 29.4 Å². The van der Waals surface area contributed by atoms with Gasteiger partial charge in [0.2, 0.25) is 5.91 Å². The smallest absolute Gasteiger partial charge is 0.220 e. The van der Waals surface area contributed by atoms with Crippen LogP contribution in [-0.4, -0.2) is 24.0 Å². The molecule has 0 unspecified atom stereocenters. The van der Waals surface area contributed by atoms with Crippen molar-refractivity contribution in [2.45, 2.75) is 32.6 Å². The molecule has 0 bridgehead atoms. The molecule has 0 radical (unpaired) electrons. The molecular weight excluding hydrogens is 429 g/mol. The van der Waals surface area contributed by atoms with Crippen LogP contribution in [0.3, 0.4) is 0 Å². The molecule has 0 spiro atoms. The number of rotatable bonds is 8. The van der Waals surface area contributed by atoms with E-state index in [1.54, 1.807) is 0 Å². The zero-order chi connectivity index (χ0) is 16.7. The first kappa shape index (κ1) is 23.9. The third-order valence-corrected chi connectivity index (χ3v) is 3.99. The van der Waals surface area contributed by atoms with E-state index in [0.717, 1.165) is 34.3 Å². The molecule has 0 aliphatic carbocycles. The lowest BCUT2D eigenvalue weighted by molar-refractivity contribution is -0.121. The normalized spacial score (nSPS) is 9.88. The summed E-state index contributed by atoms with van der Waals surface area (Å²) in [5, 5.41) is 2.88. The summed E-state index contributed by atoms with van der Waals surface area (Å²) < 4.78 is 6.83. The zero-order valence-electron chi connectivity index (χ0n) is 14.1. The molecule has 0 saturated carbocycles. The third-order valence-electron chi connectivity index (χ3n) is 3.47. The molecule has 1 aromatic carbocycles. The first-order valence-electron chi connectivity index (χ1n) is 7.79. The largest absolute Gasteiger partial charge is 0.440 e. The van der Waals surface area contributed by atoms with Crippen LogP contribution >= 0.6 is 40.7 Å². The molecule has 0 aliphatic heterocycles.